The van der Waals surface area contributed by atoms with Gasteiger partial charge >= 0.3 is 5.97 Å². The molecule has 0 bridgehead atoms. The van der Waals surface area contributed by atoms with Gasteiger partial charge in [0.1, 0.15) is 11.8 Å². The third-order valence-electron chi connectivity index (χ3n) is 4.63. The topological polar surface area (TPSA) is 38.8 Å². The first kappa shape index (κ1) is 19.7. The third-order valence-corrected chi connectivity index (χ3v) is 8.99. The monoisotopic (exact) mass is 337 g/mol. The number of hydrogen-bond acceptors (Lipinski definition) is 4. The molecule has 1 aromatic rings. The summed E-state index contributed by atoms with van der Waals surface area (Å²) in [7, 11) is 3.38. The summed E-state index contributed by atoms with van der Waals surface area (Å²) >= 11 is 0. The number of methoxy groups -OCH3 is 1. The van der Waals surface area contributed by atoms with Crippen molar-refractivity contribution >= 4 is 14.3 Å². The number of nitrogens with zero attached hydrogens (tertiary/aromatic N) is 1. The zero-order valence-electron chi connectivity index (χ0n) is 15.8. The minimum atomic E-state index is -1.82. The van der Waals surface area contributed by atoms with Crippen LogP contribution >= 0.6 is 0 Å². The number of carbonyl (C=O) groups excluding carboxylic acids is 1. The summed E-state index contributed by atoms with van der Waals surface area (Å²) in [6.45, 7) is 11.2. The van der Waals surface area contributed by atoms with Crippen LogP contribution in [0.5, 0.6) is 5.75 Å². The molecule has 5 heteroatoms. The molecule has 0 heterocycles. The second kappa shape index (κ2) is 7.49. The standard InChI is InChI=1S/C18H31NO3Si/c1-18(2,3)23(7,8)22-15-11-9-14(10-12-15)13-16(19(4)5)17(20)21-6/h9-12,16H,13H2,1-8H3/t16-/m0/s1. The fourth-order valence-electron chi connectivity index (χ4n) is 1.98. The molecule has 0 aliphatic rings. The van der Waals surface area contributed by atoms with E-state index in [-0.39, 0.29) is 17.0 Å². The van der Waals surface area contributed by atoms with Crippen molar-refractivity contribution < 1.29 is 14.0 Å². The Morgan fingerprint density at radius 2 is 1.70 bits per heavy atom. The van der Waals surface area contributed by atoms with Gasteiger partial charge in [-0.05, 0) is 56.3 Å². The molecule has 0 unspecified atom stereocenters. The highest BCUT2D eigenvalue weighted by Crippen LogP contribution is 2.37. The number of ether oxygens (including phenoxy) is 1. The van der Waals surface area contributed by atoms with Crippen molar-refractivity contribution in [1.29, 1.82) is 0 Å². The Bertz CT molecular complexity index is 518. The molecule has 0 amide bonds. The summed E-state index contributed by atoms with van der Waals surface area (Å²) in [6, 6.07) is 7.79. The molecule has 0 fully saturated rings. The van der Waals surface area contributed by atoms with E-state index in [9.17, 15) is 4.79 Å². The van der Waals surface area contributed by atoms with Crippen molar-refractivity contribution in [3.63, 3.8) is 0 Å². The largest absolute Gasteiger partial charge is 0.544 e. The highest BCUT2D eigenvalue weighted by atomic mass is 28.4. The van der Waals surface area contributed by atoms with Crippen LogP contribution in [-0.4, -0.2) is 46.4 Å². The van der Waals surface area contributed by atoms with Gasteiger partial charge in [0.15, 0.2) is 0 Å². The number of hydrogen-bond donors (Lipinski definition) is 0. The Morgan fingerprint density at radius 3 is 2.09 bits per heavy atom. The Hall–Kier alpha value is -1.33. The number of esters is 1. The van der Waals surface area contributed by atoms with Gasteiger partial charge in [0.05, 0.1) is 7.11 Å². The molecule has 0 aliphatic heterocycles. The van der Waals surface area contributed by atoms with Crippen molar-refractivity contribution in [2.45, 2.75) is 51.4 Å². The summed E-state index contributed by atoms with van der Waals surface area (Å²) in [6.07, 6.45) is 0.625. The van der Waals surface area contributed by atoms with Gasteiger partial charge < -0.3 is 9.16 Å². The van der Waals surface area contributed by atoms with Crippen molar-refractivity contribution in [3.05, 3.63) is 29.8 Å². The predicted octanol–water partition coefficient (Wildman–Crippen LogP) is 3.72. The van der Waals surface area contributed by atoms with E-state index in [4.69, 9.17) is 9.16 Å². The number of carbonyl (C=O) groups is 1. The van der Waals surface area contributed by atoms with Crippen molar-refractivity contribution in [3.8, 4) is 5.75 Å². The molecule has 0 spiro atoms. The molecule has 0 saturated heterocycles. The Balaban J connectivity index is 2.83. The molecule has 0 aromatic heterocycles. The van der Waals surface area contributed by atoms with E-state index in [1.165, 1.54) is 7.11 Å². The van der Waals surface area contributed by atoms with Crippen LogP contribution in [0.2, 0.25) is 18.1 Å². The van der Waals surface area contributed by atoms with Crippen LogP contribution in [0.25, 0.3) is 0 Å². The van der Waals surface area contributed by atoms with E-state index in [0.717, 1.165) is 11.3 Å². The number of benzene rings is 1. The SMILES string of the molecule is COC(=O)[C@H](Cc1ccc(O[Si](C)(C)C(C)(C)C)cc1)N(C)C. The quantitative estimate of drug-likeness (QED) is 0.586. The van der Waals surface area contributed by atoms with Crippen LogP contribution < -0.4 is 4.43 Å². The third kappa shape index (κ3) is 5.36. The highest BCUT2D eigenvalue weighted by molar-refractivity contribution is 6.74. The summed E-state index contributed by atoms with van der Waals surface area (Å²) in [4.78, 5) is 13.7. The first-order valence-corrected chi connectivity index (χ1v) is 10.9. The molecule has 4 nitrogen and oxygen atoms in total. The summed E-state index contributed by atoms with van der Waals surface area (Å²) in [5.41, 5.74) is 1.09. The van der Waals surface area contributed by atoms with Crippen molar-refractivity contribution in [2.24, 2.45) is 0 Å². The van der Waals surface area contributed by atoms with Gasteiger partial charge in [0, 0.05) is 0 Å². The first-order valence-electron chi connectivity index (χ1n) is 8.00. The van der Waals surface area contributed by atoms with Crippen molar-refractivity contribution in [2.75, 3.05) is 21.2 Å². The highest BCUT2D eigenvalue weighted by Gasteiger charge is 2.38. The maximum atomic E-state index is 11.8. The van der Waals surface area contributed by atoms with Crippen LogP contribution in [0.3, 0.4) is 0 Å². The van der Waals surface area contributed by atoms with Crippen LogP contribution in [0.1, 0.15) is 26.3 Å². The van der Waals surface area contributed by atoms with Crippen molar-refractivity contribution in [1.82, 2.24) is 4.90 Å². The van der Waals surface area contributed by atoms with Crippen LogP contribution in [0.15, 0.2) is 24.3 Å². The average molecular weight is 338 g/mol. The normalized spacial score (nSPS) is 13.8. The van der Waals surface area contributed by atoms with E-state index >= 15 is 0 Å². The van der Waals surface area contributed by atoms with Gasteiger partial charge in [-0.3, -0.25) is 9.69 Å². The molecule has 0 radical (unpaired) electrons. The summed E-state index contributed by atoms with van der Waals surface area (Å²) < 4.78 is 11.2. The molecule has 1 atom stereocenters. The summed E-state index contributed by atoms with van der Waals surface area (Å²) in [5, 5.41) is 0.173. The van der Waals surface area contributed by atoms with E-state index in [1.54, 1.807) is 0 Å². The Kier molecular flexibility index (Phi) is 6.42. The summed E-state index contributed by atoms with van der Waals surface area (Å²) in [5.74, 6) is 0.691. The molecule has 0 saturated carbocycles. The van der Waals surface area contributed by atoms with Gasteiger partial charge in [0.2, 0.25) is 8.32 Å². The molecule has 1 aromatic carbocycles. The van der Waals surface area contributed by atoms with Gasteiger partial charge in [0.25, 0.3) is 0 Å². The lowest BCUT2D eigenvalue weighted by Gasteiger charge is -2.36. The second-order valence-corrected chi connectivity index (χ2v) is 12.4. The smallest absolute Gasteiger partial charge is 0.323 e. The fraction of sp³-hybridized carbons (Fsp3) is 0.611. The zero-order chi connectivity index (χ0) is 17.8. The molecule has 23 heavy (non-hydrogen) atoms. The van der Waals surface area contributed by atoms with Gasteiger partial charge in [-0.25, -0.2) is 0 Å². The first-order chi connectivity index (χ1) is 10.5. The van der Waals surface area contributed by atoms with Gasteiger partial charge in [-0.2, -0.15) is 0 Å². The molecular formula is C18H31NO3Si. The molecule has 1 rings (SSSR count). The fourth-order valence-corrected chi connectivity index (χ4v) is 3.01. The molecule has 130 valence electrons. The van der Waals surface area contributed by atoms with E-state index < -0.39 is 8.32 Å². The molecular weight excluding hydrogens is 306 g/mol. The van der Waals surface area contributed by atoms with E-state index in [2.05, 4.69) is 33.9 Å². The maximum absolute atomic E-state index is 11.8. The lowest BCUT2D eigenvalue weighted by molar-refractivity contribution is -0.145. The zero-order valence-corrected chi connectivity index (χ0v) is 16.8. The average Bonchev–Trinajstić information content (AvgIpc) is 2.43. The minimum Gasteiger partial charge on any atom is -0.544 e. The van der Waals surface area contributed by atoms with E-state index in [1.807, 2.05) is 43.3 Å². The van der Waals surface area contributed by atoms with E-state index in [0.29, 0.717) is 6.42 Å². The minimum absolute atomic E-state index is 0.173. The second-order valence-electron chi connectivity index (χ2n) is 7.71. The van der Waals surface area contributed by atoms with Crippen LogP contribution in [0, 0.1) is 0 Å². The lowest BCUT2D eigenvalue weighted by Crippen LogP contribution is -2.43. The molecule has 0 N–H and O–H groups in total. The van der Waals surface area contributed by atoms with Gasteiger partial charge in [-0.15, -0.1) is 0 Å². The van der Waals surface area contributed by atoms with Gasteiger partial charge in [-0.1, -0.05) is 32.9 Å². The predicted molar refractivity (Wildman–Crippen MR) is 97.5 cm³/mol. The maximum Gasteiger partial charge on any atom is 0.323 e. The Morgan fingerprint density at radius 1 is 1.17 bits per heavy atom. The number of rotatable bonds is 6. The lowest BCUT2D eigenvalue weighted by atomic mass is 10.1. The Labute approximate surface area is 141 Å². The van der Waals surface area contributed by atoms with Crippen LogP contribution in [-0.2, 0) is 16.0 Å². The number of likely N-dealkylation sites (N-methyl/N-ethyl adjacent to an activating group) is 1. The van der Waals surface area contributed by atoms with Crippen LogP contribution in [0.4, 0.5) is 0 Å². The molecule has 0 aliphatic carbocycles.